The average molecular weight is 308 g/mol. The maximum absolute atomic E-state index is 11.4. The lowest BCUT2D eigenvalue weighted by Crippen LogP contribution is -2.05. The molecule has 0 N–H and O–H groups in total. The quantitative estimate of drug-likeness (QED) is 0.531. The molecule has 0 radical (unpaired) electrons. The van der Waals surface area contributed by atoms with Gasteiger partial charge in [-0.3, -0.25) is 4.79 Å². The second-order valence-electron chi connectivity index (χ2n) is 6.33. The summed E-state index contributed by atoms with van der Waals surface area (Å²) < 4.78 is 5.29. The van der Waals surface area contributed by atoms with E-state index in [1.165, 1.54) is 42.2 Å². The van der Waals surface area contributed by atoms with E-state index >= 15 is 0 Å². The largest absolute Gasteiger partial charge is 0.427 e. The number of allylic oxidation sites excluding steroid dienone is 2. The van der Waals surface area contributed by atoms with Crippen molar-refractivity contribution >= 4 is 22.3 Å². The maximum atomic E-state index is 11.4. The molecule has 1 atom stereocenters. The van der Waals surface area contributed by atoms with Crippen LogP contribution in [0.2, 0.25) is 0 Å². The first-order chi connectivity index (χ1) is 11.2. The van der Waals surface area contributed by atoms with Gasteiger partial charge in [0.1, 0.15) is 5.75 Å². The van der Waals surface area contributed by atoms with Crippen LogP contribution in [0.1, 0.15) is 51.5 Å². The van der Waals surface area contributed by atoms with Crippen molar-refractivity contribution in [1.82, 2.24) is 0 Å². The molecule has 1 aliphatic carbocycles. The van der Waals surface area contributed by atoms with Gasteiger partial charge in [0.15, 0.2) is 0 Å². The smallest absolute Gasteiger partial charge is 0.310 e. The molecule has 2 nitrogen and oxygen atoms in total. The monoisotopic (exact) mass is 308 g/mol. The molecule has 0 saturated carbocycles. The lowest BCUT2D eigenvalue weighted by molar-refractivity contribution is -0.134. The number of carbonyl (C=O) groups is 1. The Hall–Kier alpha value is -2.09. The fourth-order valence-corrected chi connectivity index (χ4v) is 3.21. The van der Waals surface area contributed by atoms with E-state index in [-0.39, 0.29) is 5.97 Å². The molecule has 23 heavy (non-hydrogen) atoms. The van der Waals surface area contributed by atoms with Gasteiger partial charge in [0, 0.05) is 6.42 Å². The highest BCUT2D eigenvalue weighted by Gasteiger charge is 2.14. The summed E-state index contributed by atoms with van der Waals surface area (Å²) in [6.45, 7) is 4.08. The van der Waals surface area contributed by atoms with Crippen LogP contribution in [0.5, 0.6) is 5.75 Å². The molecular weight excluding hydrogens is 284 g/mol. The standard InChI is InChI=1S/C21H24O2/c1-3-15-5-7-16(8-6-15)17-9-10-19-14-20(23-21(22)4-2)12-11-18(19)13-17/h7,9-15H,3-6,8H2,1-2H3. The van der Waals surface area contributed by atoms with Crippen molar-refractivity contribution in [1.29, 1.82) is 0 Å². The van der Waals surface area contributed by atoms with Gasteiger partial charge < -0.3 is 4.74 Å². The third-order valence-corrected chi connectivity index (χ3v) is 4.80. The number of ether oxygens (including phenoxy) is 1. The molecule has 1 aliphatic rings. The minimum Gasteiger partial charge on any atom is -0.427 e. The molecule has 120 valence electrons. The van der Waals surface area contributed by atoms with Crippen LogP contribution in [0.15, 0.2) is 42.5 Å². The summed E-state index contributed by atoms with van der Waals surface area (Å²) in [6, 6.07) is 12.4. The van der Waals surface area contributed by atoms with E-state index in [4.69, 9.17) is 4.74 Å². The Morgan fingerprint density at radius 3 is 2.61 bits per heavy atom. The van der Waals surface area contributed by atoms with Gasteiger partial charge in [0.05, 0.1) is 0 Å². The first kappa shape index (κ1) is 15.8. The van der Waals surface area contributed by atoms with Gasteiger partial charge in [0.2, 0.25) is 0 Å². The predicted octanol–water partition coefficient (Wildman–Crippen LogP) is 5.75. The minimum absolute atomic E-state index is 0.196. The lowest BCUT2D eigenvalue weighted by Gasteiger charge is -2.21. The number of esters is 1. The summed E-state index contributed by atoms with van der Waals surface area (Å²) in [5.41, 5.74) is 2.79. The van der Waals surface area contributed by atoms with Crippen molar-refractivity contribution in [2.24, 2.45) is 5.92 Å². The summed E-state index contributed by atoms with van der Waals surface area (Å²) in [4.78, 5) is 11.4. The van der Waals surface area contributed by atoms with Crippen LogP contribution in [0, 0.1) is 5.92 Å². The van der Waals surface area contributed by atoms with Crippen LogP contribution in [0.25, 0.3) is 16.3 Å². The number of carbonyl (C=O) groups excluding carboxylic acids is 1. The molecule has 0 bridgehead atoms. The molecule has 0 saturated heterocycles. The third kappa shape index (κ3) is 3.64. The van der Waals surface area contributed by atoms with Gasteiger partial charge in [-0.1, -0.05) is 44.5 Å². The van der Waals surface area contributed by atoms with E-state index in [1.54, 1.807) is 6.92 Å². The van der Waals surface area contributed by atoms with Crippen LogP contribution < -0.4 is 4.74 Å². The van der Waals surface area contributed by atoms with Crippen molar-refractivity contribution < 1.29 is 9.53 Å². The molecule has 2 aromatic rings. The van der Waals surface area contributed by atoms with E-state index in [1.807, 2.05) is 18.2 Å². The third-order valence-electron chi connectivity index (χ3n) is 4.80. The normalized spacial score (nSPS) is 17.8. The molecule has 0 heterocycles. The topological polar surface area (TPSA) is 26.3 Å². The van der Waals surface area contributed by atoms with Gasteiger partial charge in [-0.05, 0) is 65.3 Å². The summed E-state index contributed by atoms with van der Waals surface area (Å²) in [7, 11) is 0. The van der Waals surface area contributed by atoms with Crippen molar-refractivity contribution in [2.75, 3.05) is 0 Å². The number of fused-ring (bicyclic) bond motifs is 1. The predicted molar refractivity (Wildman–Crippen MR) is 95.5 cm³/mol. The van der Waals surface area contributed by atoms with Crippen LogP contribution in [-0.4, -0.2) is 5.97 Å². The molecule has 0 fully saturated rings. The molecular formula is C21H24O2. The Bertz CT molecular complexity index is 743. The molecule has 1 unspecified atom stereocenters. The van der Waals surface area contributed by atoms with Gasteiger partial charge in [-0.25, -0.2) is 0 Å². The van der Waals surface area contributed by atoms with E-state index in [9.17, 15) is 4.79 Å². The Morgan fingerprint density at radius 2 is 1.91 bits per heavy atom. The fourth-order valence-electron chi connectivity index (χ4n) is 3.21. The molecule has 0 aromatic heterocycles. The van der Waals surface area contributed by atoms with Crippen LogP contribution in [-0.2, 0) is 4.79 Å². The SMILES string of the molecule is CCC(=O)Oc1ccc2cc(C3=CCC(CC)CC3)ccc2c1. The van der Waals surface area contributed by atoms with Crippen LogP contribution in [0.4, 0.5) is 0 Å². The van der Waals surface area contributed by atoms with Crippen LogP contribution >= 0.6 is 0 Å². The second kappa shape index (κ2) is 6.99. The zero-order valence-electron chi connectivity index (χ0n) is 14.0. The van der Waals surface area contributed by atoms with Gasteiger partial charge in [-0.15, -0.1) is 0 Å². The number of benzene rings is 2. The van der Waals surface area contributed by atoms with Gasteiger partial charge in [0.25, 0.3) is 0 Å². The lowest BCUT2D eigenvalue weighted by atomic mass is 9.85. The van der Waals surface area contributed by atoms with E-state index < -0.39 is 0 Å². The Balaban J connectivity index is 1.84. The average Bonchev–Trinajstić information content (AvgIpc) is 2.61. The highest BCUT2D eigenvalue weighted by Crippen LogP contribution is 2.33. The Labute approximate surface area is 138 Å². The Morgan fingerprint density at radius 1 is 1.13 bits per heavy atom. The highest BCUT2D eigenvalue weighted by atomic mass is 16.5. The molecule has 2 aromatic carbocycles. The summed E-state index contributed by atoms with van der Waals surface area (Å²) in [6.07, 6.45) is 7.76. The van der Waals surface area contributed by atoms with Gasteiger partial charge in [-0.2, -0.15) is 0 Å². The van der Waals surface area contributed by atoms with Crippen molar-refractivity contribution in [3.05, 3.63) is 48.0 Å². The summed E-state index contributed by atoms with van der Waals surface area (Å²) in [5, 5.41) is 2.30. The van der Waals surface area contributed by atoms with Gasteiger partial charge >= 0.3 is 5.97 Å². The molecule has 0 spiro atoms. The number of hydrogen-bond donors (Lipinski definition) is 0. The number of rotatable bonds is 4. The van der Waals surface area contributed by atoms with Crippen molar-refractivity contribution in [3.63, 3.8) is 0 Å². The van der Waals surface area contributed by atoms with Crippen molar-refractivity contribution in [3.8, 4) is 5.75 Å². The maximum Gasteiger partial charge on any atom is 0.310 e. The highest BCUT2D eigenvalue weighted by molar-refractivity contribution is 5.88. The first-order valence-corrected chi connectivity index (χ1v) is 8.63. The number of hydrogen-bond acceptors (Lipinski definition) is 2. The second-order valence-corrected chi connectivity index (χ2v) is 6.33. The summed E-state index contributed by atoms with van der Waals surface area (Å²) in [5.74, 6) is 1.29. The molecule has 0 amide bonds. The Kier molecular flexibility index (Phi) is 4.80. The zero-order valence-corrected chi connectivity index (χ0v) is 14.0. The van der Waals surface area contributed by atoms with E-state index in [0.717, 1.165) is 11.3 Å². The minimum atomic E-state index is -0.196. The molecule has 2 heteroatoms. The molecule has 3 rings (SSSR count). The summed E-state index contributed by atoms with van der Waals surface area (Å²) >= 11 is 0. The van der Waals surface area contributed by atoms with E-state index in [2.05, 4.69) is 31.2 Å². The first-order valence-electron chi connectivity index (χ1n) is 8.63. The fraction of sp³-hybridized carbons (Fsp3) is 0.381. The van der Waals surface area contributed by atoms with Crippen LogP contribution in [0.3, 0.4) is 0 Å². The van der Waals surface area contributed by atoms with E-state index in [0.29, 0.717) is 12.2 Å². The molecule has 0 aliphatic heterocycles. The van der Waals surface area contributed by atoms with Crippen molar-refractivity contribution in [2.45, 2.75) is 46.0 Å². The zero-order chi connectivity index (χ0) is 16.2.